The molecule has 3 rings (SSSR count). The van der Waals surface area contributed by atoms with Crippen LogP contribution in [0.2, 0.25) is 0 Å². The summed E-state index contributed by atoms with van der Waals surface area (Å²) in [6.07, 6.45) is 2.49. The van der Waals surface area contributed by atoms with E-state index in [1.165, 1.54) is 0 Å². The van der Waals surface area contributed by atoms with E-state index in [0.29, 0.717) is 30.8 Å². The van der Waals surface area contributed by atoms with Gasteiger partial charge in [0.25, 0.3) is 5.91 Å². The number of rotatable bonds is 4. The standard InChI is InChI=1S/C19H23N3O4/c1-3-26-19(25)15-11-13-10-12(7-8-14(13)21-15)18(24)22-9-5-4-6-16(22)17(23)20-2/h7-8,10-11,16,21H,3-6,9H2,1-2H3,(H,20,23). The Labute approximate surface area is 151 Å². The lowest BCUT2D eigenvalue weighted by Gasteiger charge is -2.34. The van der Waals surface area contributed by atoms with Crippen LogP contribution in [0.15, 0.2) is 24.3 Å². The Morgan fingerprint density at radius 1 is 1.27 bits per heavy atom. The fraction of sp³-hybridized carbons (Fsp3) is 0.421. The highest BCUT2D eigenvalue weighted by atomic mass is 16.5. The molecule has 2 aromatic rings. The highest BCUT2D eigenvalue weighted by Crippen LogP contribution is 2.23. The van der Waals surface area contributed by atoms with E-state index in [0.717, 1.165) is 23.7 Å². The number of aromatic nitrogens is 1. The first-order chi connectivity index (χ1) is 12.5. The van der Waals surface area contributed by atoms with E-state index in [-0.39, 0.29) is 11.8 Å². The molecular formula is C19H23N3O4. The minimum atomic E-state index is -0.432. The average molecular weight is 357 g/mol. The quantitative estimate of drug-likeness (QED) is 0.820. The van der Waals surface area contributed by atoms with Crippen LogP contribution in [0.3, 0.4) is 0 Å². The van der Waals surface area contributed by atoms with Gasteiger partial charge < -0.3 is 19.9 Å². The molecule has 0 saturated carbocycles. The number of likely N-dealkylation sites (N-methyl/N-ethyl adjacent to an activating group) is 1. The zero-order valence-corrected chi connectivity index (χ0v) is 15.0. The predicted octanol–water partition coefficient (Wildman–Crippen LogP) is 2.09. The monoisotopic (exact) mass is 357 g/mol. The van der Waals surface area contributed by atoms with E-state index < -0.39 is 12.0 Å². The van der Waals surface area contributed by atoms with E-state index in [1.54, 1.807) is 43.1 Å². The van der Waals surface area contributed by atoms with Crippen molar-refractivity contribution in [3.8, 4) is 0 Å². The van der Waals surface area contributed by atoms with Crippen LogP contribution in [0, 0.1) is 0 Å². The van der Waals surface area contributed by atoms with Crippen LogP contribution >= 0.6 is 0 Å². The first kappa shape index (κ1) is 18.0. The molecule has 1 fully saturated rings. The van der Waals surface area contributed by atoms with Gasteiger partial charge in [-0.15, -0.1) is 0 Å². The molecule has 26 heavy (non-hydrogen) atoms. The topological polar surface area (TPSA) is 91.5 Å². The summed E-state index contributed by atoms with van der Waals surface area (Å²) >= 11 is 0. The molecule has 0 spiro atoms. The van der Waals surface area contributed by atoms with E-state index in [4.69, 9.17) is 4.74 Å². The fourth-order valence-electron chi connectivity index (χ4n) is 3.36. The molecule has 1 atom stereocenters. The minimum absolute atomic E-state index is 0.134. The van der Waals surface area contributed by atoms with Crippen LogP contribution in [-0.2, 0) is 9.53 Å². The Kier molecular flexibility index (Phi) is 5.25. The minimum Gasteiger partial charge on any atom is -0.461 e. The van der Waals surface area contributed by atoms with Crippen LogP contribution in [-0.4, -0.2) is 53.9 Å². The van der Waals surface area contributed by atoms with Crippen molar-refractivity contribution >= 4 is 28.7 Å². The van der Waals surface area contributed by atoms with E-state index in [2.05, 4.69) is 10.3 Å². The van der Waals surface area contributed by atoms with Gasteiger partial charge in [0, 0.05) is 30.1 Å². The Balaban J connectivity index is 1.87. The Hall–Kier alpha value is -2.83. The van der Waals surface area contributed by atoms with Gasteiger partial charge in [-0.25, -0.2) is 4.79 Å². The summed E-state index contributed by atoms with van der Waals surface area (Å²) in [5, 5.41) is 3.40. The number of hydrogen-bond donors (Lipinski definition) is 2. The molecule has 1 saturated heterocycles. The number of aromatic amines is 1. The molecule has 1 unspecified atom stereocenters. The normalized spacial score (nSPS) is 17.2. The number of nitrogens with zero attached hydrogens (tertiary/aromatic N) is 1. The van der Waals surface area contributed by atoms with Gasteiger partial charge in [-0.3, -0.25) is 9.59 Å². The van der Waals surface area contributed by atoms with Gasteiger partial charge in [-0.05, 0) is 50.5 Å². The number of piperidine rings is 1. The Bertz CT molecular complexity index is 842. The first-order valence-corrected chi connectivity index (χ1v) is 8.87. The smallest absolute Gasteiger partial charge is 0.354 e. The maximum atomic E-state index is 13.0. The summed E-state index contributed by atoms with van der Waals surface area (Å²) in [4.78, 5) is 41.6. The van der Waals surface area contributed by atoms with Crippen LogP contribution in [0.5, 0.6) is 0 Å². The number of fused-ring (bicyclic) bond motifs is 1. The van der Waals surface area contributed by atoms with Crippen molar-refractivity contribution in [3.05, 3.63) is 35.5 Å². The molecule has 1 aromatic carbocycles. The highest BCUT2D eigenvalue weighted by Gasteiger charge is 2.32. The molecule has 1 aliphatic heterocycles. The largest absolute Gasteiger partial charge is 0.461 e. The third kappa shape index (κ3) is 3.42. The number of ether oxygens (including phenoxy) is 1. The predicted molar refractivity (Wildman–Crippen MR) is 97.0 cm³/mol. The Morgan fingerprint density at radius 3 is 2.81 bits per heavy atom. The van der Waals surface area contributed by atoms with Crippen molar-refractivity contribution in [2.24, 2.45) is 0 Å². The molecule has 1 aliphatic rings. The molecule has 2 N–H and O–H groups in total. The van der Waals surface area contributed by atoms with Crippen molar-refractivity contribution < 1.29 is 19.1 Å². The highest BCUT2D eigenvalue weighted by molar-refractivity contribution is 6.02. The molecule has 0 radical (unpaired) electrons. The SMILES string of the molecule is CCOC(=O)c1cc2cc(C(=O)N3CCCCC3C(=O)NC)ccc2[nH]1. The maximum Gasteiger partial charge on any atom is 0.354 e. The van der Waals surface area contributed by atoms with Gasteiger partial charge in [0.05, 0.1) is 6.61 Å². The molecule has 0 bridgehead atoms. The van der Waals surface area contributed by atoms with Crippen molar-refractivity contribution in [1.82, 2.24) is 15.2 Å². The van der Waals surface area contributed by atoms with Gasteiger partial charge in [0.1, 0.15) is 11.7 Å². The summed E-state index contributed by atoms with van der Waals surface area (Å²) in [6, 6.07) is 6.47. The van der Waals surface area contributed by atoms with Crippen LogP contribution in [0.1, 0.15) is 47.0 Å². The van der Waals surface area contributed by atoms with Crippen molar-refractivity contribution in [1.29, 1.82) is 0 Å². The van der Waals surface area contributed by atoms with Gasteiger partial charge in [-0.1, -0.05) is 0 Å². The zero-order chi connectivity index (χ0) is 18.7. The molecular weight excluding hydrogens is 334 g/mol. The van der Waals surface area contributed by atoms with Gasteiger partial charge in [0.2, 0.25) is 5.91 Å². The van der Waals surface area contributed by atoms with Gasteiger partial charge >= 0.3 is 5.97 Å². The molecule has 2 heterocycles. The summed E-state index contributed by atoms with van der Waals surface area (Å²) in [5.74, 6) is -0.725. The molecule has 2 amide bonds. The van der Waals surface area contributed by atoms with Gasteiger partial charge in [0.15, 0.2) is 0 Å². The third-order valence-electron chi connectivity index (χ3n) is 4.68. The maximum absolute atomic E-state index is 13.0. The number of nitrogens with one attached hydrogen (secondary N) is 2. The molecule has 7 heteroatoms. The third-order valence-corrected chi connectivity index (χ3v) is 4.68. The lowest BCUT2D eigenvalue weighted by Crippen LogP contribution is -2.51. The number of likely N-dealkylation sites (tertiary alicyclic amines) is 1. The Morgan fingerprint density at radius 2 is 2.08 bits per heavy atom. The van der Waals surface area contributed by atoms with Crippen LogP contribution < -0.4 is 5.32 Å². The van der Waals surface area contributed by atoms with E-state index in [1.807, 2.05) is 0 Å². The summed E-state index contributed by atoms with van der Waals surface area (Å²) in [7, 11) is 1.59. The van der Waals surface area contributed by atoms with Crippen LogP contribution in [0.25, 0.3) is 10.9 Å². The summed E-state index contributed by atoms with van der Waals surface area (Å²) < 4.78 is 4.99. The molecule has 0 aliphatic carbocycles. The van der Waals surface area contributed by atoms with Crippen LogP contribution in [0.4, 0.5) is 0 Å². The lowest BCUT2D eigenvalue weighted by atomic mass is 9.99. The number of esters is 1. The number of benzene rings is 1. The molecule has 138 valence electrons. The second-order valence-corrected chi connectivity index (χ2v) is 6.33. The van der Waals surface area contributed by atoms with Crippen molar-refractivity contribution in [2.75, 3.05) is 20.2 Å². The van der Waals surface area contributed by atoms with E-state index in [9.17, 15) is 14.4 Å². The number of amides is 2. The second kappa shape index (κ2) is 7.59. The summed E-state index contributed by atoms with van der Waals surface area (Å²) in [6.45, 7) is 2.61. The number of carbonyl (C=O) groups excluding carboxylic acids is 3. The first-order valence-electron chi connectivity index (χ1n) is 8.87. The lowest BCUT2D eigenvalue weighted by molar-refractivity contribution is -0.126. The zero-order valence-electron chi connectivity index (χ0n) is 15.0. The van der Waals surface area contributed by atoms with Gasteiger partial charge in [-0.2, -0.15) is 0 Å². The van der Waals surface area contributed by atoms with E-state index >= 15 is 0 Å². The number of H-pyrrole nitrogens is 1. The fourth-order valence-corrected chi connectivity index (χ4v) is 3.36. The number of carbonyl (C=O) groups is 3. The summed E-state index contributed by atoms with van der Waals surface area (Å²) in [5.41, 5.74) is 1.61. The average Bonchev–Trinajstić information content (AvgIpc) is 3.10. The molecule has 1 aromatic heterocycles. The number of hydrogen-bond acceptors (Lipinski definition) is 4. The molecule has 7 nitrogen and oxygen atoms in total. The van der Waals surface area contributed by atoms with Crippen molar-refractivity contribution in [2.45, 2.75) is 32.2 Å². The van der Waals surface area contributed by atoms with Crippen molar-refractivity contribution in [3.63, 3.8) is 0 Å². The second-order valence-electron chi connectivity index (χ2n) is 6.33.